The van der Waals surface area contributed by atoms with Gasteiger partial charge in [0.1, 0.15) is 5.82 Å². The number of urea groups is 1. The molecule has 0 aliphatic heterocycles. The summed E-state index contributed by atoms with van der Waals surface area (Å²) in [6, 6.07) is 6.98. The van der Waals surface area contributed by atoms with Crippen LogP contribution in [0.5, 0.6) is 0 Å². The molecule has 1 heterocycles. The summed E-state index contributed by atoms with van der Waals surface area (Å²) in [5.74, 6) is 0.636. The van der Waals surface area contributed by atoms with E-state index in [9.17, 15) is 4.79 Å². The molecule has 0 radical (unpaired) electrons. The molecule has 0 fully saturated rings. The van der Waals surface area contributed by atoms with Gasteiger partial charge in [-0.3, -0.25) is 0 Å². The van der Waals surface area contributed by atoms with E-state index in [0.717, 1.165) is 10.9 Å². The lowest BCUT2D eigenvalue weighted by Gasteiger charge is -2.08. The van der Waals surface area contributed by atoms with Crippen molar-refractivity contribution in [3.8, 4) is 0 Å². The molecule has 7 heteroatoms. The monoisotopic (exact) mass is 265 g/mol. The number of hydrogen-bond acceptors (Lipinski definition) is 4. The van der Waals surface area contributed by atoms with Crippen molar-refractivity contribution in [3.63, 3.8) is 0 Å². The molecule has 0 saturated heterocycles. The van der Waals surface area contributed by atoms with Crippen molar-refractivity contribution in [2.24, 2.45) is 5.73 Å². The average molecular weight is 266 g/mol. The fourth-order valence-electron chi connectivity index (χ4n) is 1.55. The quantitative estimate of drug-likeness (QED) is 0.575. The van der Waals surface area contributed by atoms with Crippen LogP contribution < -0.4 is 16.4 Å². The van der Waals surface area contributed by atoms with Crippen LogP contribution in [0.1, 0.15) is 0 Å². The Hall–Kier alpha value is -2.08. The number of nitrogens with zero attached hydrogens (tertiary/aromatic N) is 2. The molecule has 0 spiro atoms. The first kappa shape index (κ1) is 12.4. The van der Waals surface area contributed by atoms with Crippen LogP contribution in [0.2, 0.25) is 5.28 Å². The highest BCUT2D eigenvalue weighted by molar-refractivity contribution is 6.28. The normalized spacial score (nSPS) is 10.3. The van der Waals surface area contributed by atoms with Crippen molar-refractivity contribution in [3.05, 3.63) is 29.5 Å². The van der Waals surface area contributed by atoms with Crippen molar-refractivity contribution in [2.75, 3.05) is 18.4 Å². The predicted molar refractivity (Wildman–Crippen MR) is 70.6 cm³/mol. The van der Waals surface area contributed by atoms with E-state index in [2.05, 4.69) is 20.6 Å². The van der Waals surface area contributed by atoms with E-state index in [1.54, 1.807) is 0 Å². The Morgan fingerprint density at radius 1 is 1.28 bits per heavy atom. The number of hydrogen-bond donors (Lipinski definition) is 3. The highest BCUT2D eigenvalue weighted by atomic mass is 35.5. The van der Waals surface area contributed by atoms with Crippen LogP contribution >= 0.6 is 11.6 Å². The van der Waals surface area contributed by atoms with Crippen LogP contribution in [0, 0.1) is 0 Å². The Kier molecular flexibility index (Phi) is 3.78. The number of primary amides is 1. The number of benzene rings is 1. The number of anilines is 1. The number of aromatic nitrogens is 2. The molecule has 4 N–H and O–H groups in total. The van der Waals surface area contributed by atoms with Crippen molar-refractivity contribution < 1.29 is 4.79 Å². The van der Waals surface area contributed by atoms with E-state index in [-0.39, 0.29) is 5.28 Å². The molecule has 2 amide bonds. The lowest BCUT2D eigenvalue weighted by atomic mass is 10.2. The van der Waals surface area contributed by atoms with E-state index in [4.69, 9.17) is 17.3 Å². The summed E-state index contributed by atoms with van der Waals surface area (Å²) in [6.07, 6.45) is 0. The van der Waals surface area contributed by atoms with Gasteiger partial charge in [-0.25, -0.2) is 14.8 Å². The Morgan fingerprint density at radius 3 is 2.83 bits per heavy atom. The van der Waals surface area contributed by atoms with E-state index in [1.165, 1.54) is 0 Å². The number of nitrogens with one attached hydrogen (secondary N) is 2. The van der Waals surface area contributed by atoms with Crippen molar-refractivity contribution in [1.29, 1.82) is 0 Å². The third-order valence-corrected chi connectivity index (χ3v) is 2.46. The molecule has 1 aromatic carbocycles. The Morgan fingerprint density at radius 2 is 2.06 bits per heavy atom. The molecule has 0 atom stereocenters. The molecule has 0 saturated carbocycles. The fraction of sp³-hybridized carbons (Fsp3) is 0.182. The third kappa shape index (κ3) is 2.98. The second-order valence-corrected chi connectivity index (χ2v) is 3.91. The summed E-state index contributed by atoms with van der Waals surface area (Å²) in [4.78, 5) is 18.7. The number of rotatable bonds is 4. The number of amides is 2. The largest absolute Gasteiger partial charge is 0.368 e. The second-order valence-electron chi connectivity index (χ2n) is 3.58. The van der Waals surface area contributed by atoms with Gasteiger partial charge < -0.3 is 16.4 Å². The molecule has 94 valence electrons. The molecule has 18 heavy (non-hydrogen) atoms. The third-order valence-electron chi connectivity index (χ3n) is 2.29. The van der Waals surface area contributed by atoms with Gasteiger partial charge >= 0.3 is 6.03 Å². The fourth-order valence-corrected chi connectivity index (χ4v) is 1.73. The molecular weight excluding hydrogens is 254 g/mol. The standard InChI is InChI=1S/C11H12ClN5O/c12-10-16-8-4-2-1-3-7(8)9(17-10)14-5-6-15-11(13)18/h1-4H,5-6H2,(H3,13,15,18)(H,14,16,17). The van der Waals surface area contributed by atoms with Crippen LogP contribution in [0.15, 0.2) is 24.3 Å². The highest BCUT2D eigenvalue weighted by Crippen LogP contribution is 2.21. The van der Waals surface area contributed by atoms with Gasteiger partial charge in [-0.2, -0.15) is 0 Å². The number of halogens is 1. The summed E-state index contributed by atoms with van der Waals surface area (Å²) < 4.78 is 0. The Bertz CT molecular complexity index is 574. The first-order chi connectivity index (χ1) is 8.66. The van der Waals surface area contributed by atoms with Crippen molar-refractivity contribution in [1.82, 2.24) is 15.3 Å². The second kappa shape index (κ2) is 5.50. The molecule has 0 bridgehead atoms. The average Bonchev–Trinajstić information content (AvgIpc) is 2.34. The summed E-state index contributed by atoms with van der Waals surface area (Å²) in [6.45, 7) is 0.908. The minimum absolute atomic E-state index is 0.180. The zero-order valence-corrected chi connectivity index (χ0v) is 10.2. The molecule has 2 rings (SSSR count). The summed E-state index contributed by atoms with van der Waals surface area (Å²) in [5.41, 5.74) is 5.73. The molecule has 1 aromatic heterocycles. The van der Waals surface area contributed by atoms with E-state index >= 15 is 0 Å². The number of para-hydroxylation sites is 1. The predicted octanol–water partition coefficient (Wildman–Crippen LogP) is 1.36. The zero-order chi connectivity index (χ0) is 13.0. The first-order valence-electron chi connectivity index (χ1n) is 5.36. The maximum absolute atomic E-state index is 10.5. The first-order valence-corrected chi connectivity index (χ1v) is 5.74. The maximum Gasteiger partial charge on any atom is 0.312 e. The summed E-state index contributed by atoms with van der Waals surface area (Å²) in [5, 5.41) is 6.61. The van der Waals surface area contributed by atoms with Gasteiger partial charge in [-0.15, -0.1) is 0 Å². The van der Waals surface area contributed by atoms with Gasteiger partial charge in [-0.1, -0.05) is 12.1 Å². The van der Waals surface area contributed by atoms with Gasteiger partial charge in [-0.05, 0) is 23.7 Å². The van der Waals surface area contributed by atoms with Gasteiger partial charge in [0.15, 0.2) is 0 Å². The molecule has 2 aromatic rings. The van der Waals surface area contributed by atoms with Crippen LogP contribution in [-0.2, 0) is 0 Å². The number of carbonyl (C=O) groups excluding carboxylic acids is 1. The molecule has 0 aliphatic carbocycles. The number of carbonyl (C=O) groups is 1. The summed E-state index contributed by atoms with van der Waals surface area (Å²) >= 11 is 5.84. The smallest absolute Gasteiger partial charge is 0.312 e. The molecular formula is C11H12ClN5O. The topological polar surface area (TPSA) is 92.9 Å². The minimum atomic E-state index is -0.553. The Labute approximate surface area is 109 Å². The zero-order valence-electron chi connectivity index (χ0n) is 9.48. The lowest BCUT2D eigenvalue weighted by molar-refractivity contribution is 0.249. The maximum atomic E-state index is 10.5. The van der Waals surface area contributed by atoms with Crippen molar-refractivity contribution in [2.45, 2.75) is 0 Å². The molecule has 0 unspecified atom stereocenters. The van der Waals surface area contributed by atoms with E-state index in [1.807, 2.05) is 24.3 Å². The van der Waals surface area contributed by atoms with Crippen LogP contribution in [-0.4, -0.2) is 29.1 Å². The van der Waals surface area contributed by atoms with Crippen LogP contribution in [0.3, 0.4) is 0 Å². The minimum Gasteiger partial charge on any atom is -0.368 e. The summed E-state index contributed by atoms with van der Waals surface area (Å²) in [7, 11) is 0. The van der Waals surface area contributed by atoms with Gasteiger partial charge in [0.05, 0.1) is 5.52 Å². The SMILES string of the molecule is NC(=O)NCCNc1nc(Cl)nc2ccccc12. The van der Waals surface area contributed by atoms with E-state index < -0.39 is 6.03 Å². The Balaban J connectivity index is 2.14. The number of fused-ring (bicyclic) bond motifs is 1. The van der Waals surface area contributed by atoms with Gasteiger partial charge in [0.2, 0.25) is 5.28 Å². The van der Waals surface area contributed by atoms with Gasteiger partial charge in [0, 0.05) is 18.5 Å². The van der Waals surface area contributed by atoms with Crippen molar-refractivity contribution >= 4 is 34.4 Å². The van der Waals surface area contributed by atoms with E-state index in [0.29, 0.717) is 18.9 Å². The molecule has 0 aliphatic rings. The van der Waals surface area contributed by atoms with Crippen LogP contribution in [0.25, 0.3) is 10.9 Å². The lowest BCUT2D eigenvalue weighted by Crippen LogP contribution is -2.33. The molecule has 6 nitrogen and oxygen atoms in total. The highest BCUT2D eigenvalue weighted by Gasteiger charge is 2.05. The number of nitrogens with two attached hydrogens (primary N) is 1. The van der Waals surface area contributed by atoms with Crippen LogP contribution in [0.4, 0.5) is 10.6 Å². The van der Waals surface area contributed by atoms with Gasteiger partial charge in [0.25, 0.3) is 0 Å².